The number of aromatic hydroxyl groups is 1. The molecule has 1 aromatic carbocycles. The number of rotatable bonds is 1. The number of methoxy groups -OCH3 is 1. The Balaban J connectivity index is 0.000000810. The first-order valence-corrected chi connectivity index (χ1v) is 2.66. The fourth-order valence-corrected chi connectivity index (χ4v) is 0.630. The van der Waals surface area contributed by atoms with Crippen molar-refractivity contribution in [3.8, 4) is 11.5 Å². The average molecular weight is 147 g/mol. The number of hydrogen-bond donors (Lipinski definition) is 1. The summed E-state index contributed by atoms with van der Waals surface area (Å²) in [6.07, 6.45) is 0. The second kappa shape index (κ2) is 4.61. The number of hydrogen-bond acceptors (Lipinski definition) is 2. The number of benzene rings is 1. The SMILES string of the molecule is COc1ccccc1O.[Na+]. The molecule has 2 nitrogen and oxygen atoms in total. The van der Waals surface area contributed by atoms with Crippen LogP contribution in [0.1, 0.15) is 0 Å². The van der Waals surface area contributed by atoms with Crippen molar-refractivity contribution in [1.29, 1.82) is 0 Å². The first-order chi connectivity index (χ1) is 4.34. The van der Waals surface area contributed by atoms with E-state index in [9.17, 15) is 0 Å². The summed E-state index contributed by atoms with van der Waals surface area (Å²) in [5, 5.41) is 8.99. The van der Waals surface area contributed by atoms with Crippen LogP contribution in [-0.4, -0.2) is 12.2 Å². The number of para-hydroxylation sites is 2. The fourth-order valence-electron chi connectivity index (χ4n) is 0.630. The van der Waals surface area contributed by atoms with Crippen LogP contribution in [0.4, 0.5) is 0 Å². The summed E-state index contributed by atoms with van der Waals surface area (Å²) in [6.45, 7) is 0. The molecule has 0 radical (unpaired) electrons. The Morgan fingerprint density at radius 3 is 2.30 bits per heavy atom. The molecular weight excluding hydrogens is 139 g/mol. The van der Waals surface area contributed by atoms with Gasteiger partial charge < -0.3 is 9.84 Å². The molecule has 48 valence electrons. The second-order valence-electron chi connectivity index (χ2n) is 1.67. The zero-order chi connectivity index (χ0) is 6.69. The standard InChI is InChI=1S/C7H8O2.Na/c1-9-7-5-3-2-4-6(7)8;/h2-5,8H,1H3;/q;+1. The van der Waals surface area contributed by atoms with Crippen molar-refractivity contribution < 1.29 is 39.4 Å². The van der Waals surface area contributed by atoms with Crippen LogP contribution < -0.4 is 34.3 Å². The van der Waals surface area contributed by atoms with Crippen LogP contribution in [0.15, 0.2) is 24.3 Å². The molecule has 1 rings (SSSR count). The van der Waals surface area contributed by atoms with Gasteiger partial charge >= 0.3 is 29.6 Å². The molecule has 0 aliphatic heterocycles. The first-order valence-electron chi connectivity index (χ1n) is 2.66. The third-order valence-electron chi connectivity index (χ3n) is 1.09. The van der Waals surface area contributed by atoms with Gasteiger partial charge in [-0.15, -0.1) is 0 Å². The van der Waals surface area contributed by atoms with Crippen molar-refractivity contribution in [2.24, 2.45) is 0 Å². The van der Waals surface area contributed by atoms with Crippen molar-refractivity contribution in [3.63, 3.8) is 0 Å². The van der Waals surface area contributed by atoms with Crippen molar-refractivity contribution in [1.82, 2.24) is 0 Å². The molecule has 0 atom stereocenters. The molecule has 0 heterocycles. The first kappa shape index (κ1) is 9.82. The van der Waals surface area contributed by atoms with Gasteiger partial charge in [-0.3, -0.25) is 0 Å². The maximum Gasteiger partial charge on any atom is 1.00 e. The summed E-state index contributed by atoms with van der Waals surface area (Å²) in [5.41, 5.74) is 0. The van der Waals surface area contributed by atoms with Crippen LogP contribution in [0.3, 0.4) is 0 Å². The Labute approximate surface area is 82.1 Å². The topological polar surface area (TPSA) is 29.5 Å². The molecule has 0 spiro atoms. The Morgan fingerprint density at radius 1 is 1.30 bits per heavy atom. The van der Waals surface area contributed by atoms with Crippen LogP contribution >= 0.6 is 0 Å². The van der Waals surface area contributed by atoms with Gasteiger partial charge in [0, 0.05) is 0 Å². The van der Waals surface area contributed by atoms with Crippen molar-refractivity contribution in [2.75, 3.05) is 7.11 Å². The Kier molecular flexibility index (Phi) is 4.52. The van der Waals surface area contributed by atoms with E-state index in [1.165, 1.54) is 7.11 Å². The maximum absolute atomic E-state index is 8.99. The second-order valence-corrected chi connectivity index (χ2v) is 1.67. The molecule has 10 heavy (non-hydrogen) atoms. The van der Waals surface area contributed by atoms with Gasteiger partial charge in [0.15, 0.2) is 11.5 Å². The van der Waals surface area contributed by atoms with E-state index < -0.39 is 0 Å². The van der Waals surface area contributed by atoms with Gasteiger partial charge in [-0.25, -0.2) is 0 Å². The number of phenols is 1. The van der Waals surface area contributed by atoms with E-state index in [0.29, 0.717) is 5.75 Å². The molecule has 0 amide bonds. The molecule has 0 aromatic heterocycles. The van der Waals surface area contributed by atoms with E-state index in [2.05, 4.69) is 0 Å². The monoisotopic (exact) mass is 147 g/mol. The Morgan fingerprint density at radius 2 is 1.90 bits per heavy atom. The van der Waals surface area contributed by atoms with Gasteiger partial charge in [-0.2, -0.15) is 0 Å². The van der Waals surface area contributed by atoms with Gasteiger partial charge in [-0.05, 0) is 12.1 Å². The normalized spacial score (nSPS) is 8.10. The number of ether oxygens (including phenoxy) is 1. The van der Waals surface area contributed by atoms with Crippen LogP contribution in [0, 0.1) is 0 Å². The Hall–Kier alpha value is -0.180. The predicted octanol–water partition coefficient (Wildman–Crippen LogP) is -1.60. The van der Waals surface area contributed by atoms with E-state index >= 15 is 0 Å². The van der Waals surface area contributed by atoms with Gasteiger partial charge in [0.25, 0.3) is 0 Å². The third-order valence-corrected chi connectivity index (χ3v) is 1.09. The van der Waals surface area contributed by atoms with Crippen LogP contribution in [0.25, 0.3) is 0 Å². The summed E-state index contributed by atoms with van der Waals surface area (Å²) in [5.74, 6) is 0.692. The molecule has 3 heteroatoms. The largest absolute Gasteiger partial charge is 1.00 e. The minimum Gasteiger partial charge on any atom is -0.504 e. The average Bonchev–Trinajstić information content (AvgIpc) is 1.89. The summed E-state index contributed by atoms with van der Waals surface area (Å²) in [4.78, 5) is 0. The molecule has 1 aromatic rings. The van der Waals surface area contributed by atoms with E-state index in [1.54, 1.807) is 24.3 Å². The number of phenolic OH excluding ortho intramolecular Hbond substituents is 1. The molecule has 0 saturated heterocycles. The summed E-state index contributed by atoms with van der Waals surface area (Å²) >= 11 is 0. The summed E-state index contributed by atoms with van der Waals surface area (Å²) < 4.78 is 4.79. The molecule has 0 aliphatic rings. The summed E-state index contributed by atoms with van der Waals surface area (Å²) in [7, 11) is 1.52. The third kappa shape index (κ3) is 2.21. The minimum absolute atomic E-state index is 0. The van der Waals surface area contributed by atoms with E-state index in [4.69, 9.17) is 9.84 Å². The Bertz CT molecular complexity index is 201. The molecule has 0 fully saturated rings. The molecule has 0 bridgehead atoms. The summed E-state index contributed by atoms with van der Waals surface area (Å²) in [6, 6.07) is 6.84. The van der Waals surface area contributed by atoms with Crippen molar-refractivity contribution in [3.05, 3.63) is 24.3 Å². The van der Waals surface area contributed by atoms with Crippen LogP contribution in [-0.2, 0) is 0 Å². The minimum atomic E-state index is 0. The molecule has 0 saturated carbocycles. The van der Waals surface area contributed by atoms with Gasteiger partial charge in [0.05, 0.1) is 7.11 Å². The van der Waals surface area contributed by atoms with E-state index in [0.717, 1.165) is 0 Å². The van der Waals surface area contributed by atoms with Crippen molar-refractivity contribution in [2.45, 2.75) is 0 Å². The maximum atomic E-state index is 8.99. The van der Waals surface area contributed by atoms with Crippen molar-refractivity contribution >= 4 is 0 Å². The van der Waals surface area contributed by atoms with Gasteiger partial charge in [0.1, 0.15) is 0 Å². The van der Waals surface area contributed by atoms with Gasteiger partial charge in [-0.1, -0.05) is 12.1 Å². The molecule has 1 N–H and O–H groups in total. The molecule has 0 unspecified atom stereocenters. The fraction of sp³-hybridized carbons (Fsp3) is 0.143. The van der Waals surface area contributed by atoms with Crippen LogP contribution in [0.2, 0.25) is 0 Å². The smallest absolute Gasteiger partial charge is 0.504 e. The zero-order valence-corrected chi connectivity index (χ0v) is 8.16. The quantitative estimate of drug-likeness (QED) is 0.485. The molecule has 0 aliphatic carbocycles. The molecular formula is C7H8NaO2+. The predicted molar refractivity (Wildman–Crippen MR) is 34.7 cm³/mol. The van der Waals surface area contributed by atoms with E-state index in [-0.39, 0.29) is 35.3 Å². The van der Waals surface area contributed by atoms with E-state index in [1.807, 2.05) is 0 Å². The van der Waals surface area contributed by atoms with Crippen LogP contribution in [0.5, 0.6) is 11.5 Å². The van der Waals surface area contributed by atoms with Gasteiger partial charge in [0.2, 0.25) is 0 Å². The zero-order valence-electron chi connectivity index (χ0n) is 6.16.